The minimum atomic E-state index is -0.333. The SMILES string of the molecule is Cc1ncc(CO)c(C2NOCc3ncsc32)c1O.Cl. The summed E-state index contributed by atoms with van der Waals surface area (Å²) in [6.07, 6.45) is 1.57. The van der Waals surface area contributed by atoms with Crippen LogP contribution in [0.25, 0.3) is 0 Å². The number of hydroxylamine groups is 1. The number of aliphatic hydroxyl groups is 1. The van der Waals surface area contributed by atoms with Crippen molar-refractivity contribution in [2.75, 3.05) is 0 Å². The number of thiazole rings is 1. The summed E-state index contributed by atoms with van der Waals surface area (Å²) >= 11 is 1.50. The molecule has 3 rings (SSSR count). The van der Waals surface area contributed by atoms with Crippen LogP contribution in [-0.2, 0) is 18.1 Å². The van der Waals surface area contributed by atoms with Crippen LogP contribution in [-0.4, -0.2) is 20.2 Å². The molecule has 0 radical (unpaired) electrons. The Morgan fingerprint density at radius 2 is 2.30 bits per heavy atom. The van der Waals surface area contributed by atoms with Gasteiger partial charge in [-0.1, -0.05) is 0 Å². The number of aromatic nitrogens is 2. The van der Waals surface area contributed by atoms with Crippen LogP contribution in [0.1, 0.15) is 33.4 Å². The number of pyridine rings is 1. The molecule has 0 amide bonds. The molecule has 2 aromatic rings. The van der Waals surface area contributed by atoms with Gasteiger partial charge in [-0.05, 0) is 6.92 Å². The van der Waals surface area contributed by atoms with Crippen molar-refractivity contribution in [1.29, 1.82) is 0 Å². The molecule has 1 unspecified atom stereocenters. The van der Waals surface area contributed by atoms with E-state index in [0.29, 0.717) is 23.4 Å². The van der Waals surface area contributed by atoms with E-state index in [1.54, 1.807) is 18.6 Å². The van der Waals surface area contributed by atoms with Crippen molar-refractivity contribution in [3.05, 3.63) is 39.1 Å². The minimum absolute atomic E-state index is 0. The summed E-state index contributed by atoms with van der Waals surface area (Å²) in [6.45, 7) is 1.92. The van der Waals surface area contributed by atoms with E-state index in [1.165, 1.54) is 11.3 Å². The van der Waals surface area contributed by atoms with Crippen LogP contribution in [0, 0.1) is 6.92 Å². The fourth-order valence-electron chi connectivity index (χ4n) is 2.16. The molecule has 0 saturated heterocycles. The number of aryl methyl sites for hydroxylation is 1. The van der Waals surface area contributed by atoms with Gasteiger partial charge in [-0.15, -0.1) is 23.7 Å². The van der Waals surface area contributed by atoms with E-state index in [9.17, 15) is 10.2 Å². The molecule has 0 bridgehead atoms. The number of hydrogen-bond donors (Lipinski definition) is 3. The van der Waals surface area contributed by atoms with E-state index in [1.807, 2.05) is 0 Å². The van der Waals surface area contributed by atoms with Crippen molar-refractivity contribution >= 4 is 23.7 Å². The highest BCUT2D eigenvalue weighted by molar-refractivity contribution is 7.09. The van der Waals surface area contributed by atoms with Gasteiger partial charge in [0.15, 0.2) is 0 Å². The van der Waals surface area contributed by atoms with Crippen LogP contribution in [0.5, 0.6) is 5.75 Å². The normalized spacial score (nSPS) is 17.4. The van der Waals surface area contributed by atoms with Gasteiger partial charge in [0, 0.05) is 17.3 Å². The van der Waals surface area contributed by atoms with Gasteiger partial charge in [0.25, 0.3) is 0 Å². The molecule has 0 aliphatic carbocycles. The Morgan fingerprint density at radius 1 is 1.50 bits per heavy atom. The van der Waals surface area contributed by atoms with Crippen LogP contribution in [0.3, 0.4) is 0 Å². The Bertz CT molecular complexity index is 620. The number of fused-ring (bicyclic) bond motifs is 1. The van der Waals surface area contributed by atoms with E-state index >= 15 is 0 Å². The predicted octanol–water partition coefficient (Wildman–Crippen LogP) is 1.59. The highest BCUT2D eigenvalue weighted by atomic mass is 35.5. The number of halogens is 1. The number of aliphatic hydroxyl groups excluding tert-OH is 1. The van der Waals surface area contributed by atoms with Crippen molar-refractivity contribution < 1.29 is 15.1 Å². The van der Waals surface area contributed by atoms with E-state index in [0.717, 1.165) is 10.6 Å². The van der Waals surface area contributed by atoms with Gasteiger partial charge < -0.3 is 10.2 Å². The van der Waals surface area contributed by atoms with Gasteiger partial charge in [0.1, 0.15) is 12.4 Å². The largest absolute Gasteiger partial charge is 0.506 e. The first-order valence-electron chi connectivity index (χ1n) is 5.80. The fourth-order valence-corrected chi connectivity index (χ4v) is 3.00. The summed E-state index contributed by atoms with van der Waals surface area (Å²) in [5.74, 6) is 0.0777. The van der Waals surface area contributed by atoms with Gasteiger partial charge in [-0.2, -0.15) is 5.48 Å². The van der Waals surface area contributed by atoms with Crippen LogP contribution in [0.2, 0.25) is 0 Å². The molecule has 20 heavy (non-hydrogen) atoms. The molecule has 0 fully saturated rings. The molecule has 0 saturated carbocycles. The summed E-state index contributed by atoms with van der Waals surface area (Å²) in [4.78, 5) is 14.6. The smallest absolute Gasteiger partial charge is 0.142 e. The molecule has 6 nitrogen and oxygen atoms in total. The molecular formula is C12H14ClN3O3S. The maximum absolute atomic E-state index is 10.2. The first-order chi connectivity index (χ1) is 9.22. The molecule has 0 aromatic carbocycles. The van der Waals surface area contributed by atoms with Crippen molar-refractivity contribution in [2.24, 2.45) is 0 Å². The highest BCUT2D eigenvalue weighted by Gasteiger charge is 2.29. The molecule has 1 atom stereocenters. The monoisotopic (exact) mass is 315 g/mol. The highest BCUT2D eigenvalue weighted by Crippen LogP contribution is 2.38. The number of hydrogen-bond acceptors (Lipinski definition) is 7. The van der Waals surface area contributed by atoms with Crippen molar-refractivity contribution in [3.63, 3.8) is 0 Å². The van der Waals surface area contributed by atoms with E-state index < -0.39 is 0 Å². The molecule has 2 aromatic heterocycles. The lowest BCUT2D eigenvalue weighted by atomic mass is 9.98. The van der Waals surface area contributed by atoms with Crippen LogP contribution in [0.15, 0.2) is 11.7 Å². The zero-order valence-electron chi connectivity index (χ0n) is 10.7. The summed E-state index contributed by atoms with van der Waals surface area (Å²) < 4.78 is 0. The Hall–Kier alpha value is -1.25. The number of aromatic hydroxyl groups is 1. The average Bonchev–Trinajstić information content (AvgIpc) is 2.90. The quantitative estimate of drug-likeness (QED) is 0.780. The Kier molecular flexibility index (Phi) is 4.56. The van der Waals surface area contributed by atoms with Crippen LogP contribution < -0.4 is 5.48 Å². The zero-order chi connectivity index (χ0) is 13.4. The van der Waals surface area contributed by atoms with Gasteiger partial charge in [0.05, 0.1) is 34.4 Å². The fraction of sp³-hybridized carbons (Fsp3) is 0.333. The Morgan fingerprint density at radius 3 is 3.05 bits per heavy atom. The molecule has 3 N–H and O–H groups in total. The first-order valence-corrected chi connectivity index (χ1v) is 6.68. The number of nitrogens with zero attached hydrogens (tertiary/aromatic N) is 2. The van der Waals surface area contributed by atoms with E-state index in [2.05, 4.69) is 15.4 Å². The average molecular weight is 316 g/mol. The number of rotatable bonds is 2. The van der Waals surface area contributed by atoms with E-state index in [-0.39, 0.29) is 30.8 Å². The predicted molar refractivity (Wildman–Crippen MR) is 75.7 cm³/mol. The lowest BCUT2D eigenvalue weighted by Crippen LogP contribution is -2.28. The molecule has 1 aliphatic heterocycles. The van der Waals surface area contributed by atoms with Gasteiger partial charge in [-0.25, -0.2) is 4.98 Å². The van der Waals surface area contributed by atoms with E-state index in [4.69, 9.17) is 4.84 Å². The molecule has 108 valence electrons. The standard InChI is InChI=1S/C12H13N3O3S.ClH/c1-6-11(17)9(7(3-16)2-13-6)10-12-8(4-18-15-10)14-5-19-12;/h2,5,10,15-17H,3-4H2,1H3;1H. The third-order valence-electron chi connectivity index (χ3n) is 3.16. The van der Waals surface area contributed by atoms with Crippen molar-refractivity contribution in [1.82, 2.24) is 15.4 Å². The van der Waals surface area contributed by atoms with Crippen LogP contribution in [0.4, 0.5) is 0 Å². The summed E-state index contributed by atoms with van der Waals surface area (Å²) in [6, 6.07) is -0.333. The second kappa shape index (κ2) is 6.02. The third kappa shape index (κ3) is 2.38. The lowest BCUT2D eigenvalue weighted by molar-refractivity contribution is -0.00367. The second-order valence-corrected chi connectivity index (χ2v) is 5.18. The molecule has 8 heteroatoms. The number of nitrogens with one attached hydrogen (secondary N) is 1. The summed E-state index contributed by atoms with van der Waals surface area (Å²) in [5.41, 5.74) is 7.18. The summed E-state index contributed by atoms with van der Waals surface area (Å²) in [5, 5.41) is 19.7. The maximum atomic E-state index is 10.2. The Balaban J connectivity index is 0.00000147. The van der Waals surface area contributed by atoms with Gasteiger partial charge >= 0.3 is 0 Å². The zero-order valence-corrected chi connectivity index (χ0v) is 12.3. The first kappa shape index (κ1) is 15.1. The second-order valence-electron chi connectivity index (χ2n) is 4.29. The lowest BCUT2D eigenvalue weighted by Gasteiger charge is -2.25. The topological polar surface area (TPSA) is 87.5 Å². The summed E-state index contributed by atoms with van der Waals surface area (Å²) in [7, 11) is 0. The van der Waals surface area contributed by atoms with Crippen LogP contribution >= 0.6 is 23.7 Å². The molecule has 1 aliphatic rings. The molecule has 0 spiro atoms. The minimum Gasteiger partial charge on any atom is -0.506 e. The Labute approximate surface area is 125 Å². The molecule has 3 heterocycles. The van der Waals surface area contributed by atoms with Crippen molar-refractivity contribution in [2.45, 2.75) is 26.2 Å². The third-order valence-corrected chi connectivity index (χ3v) is 4.10. The maximum Gasteiger partial charge on any atom is 0.142 e. The van der Waals surface area contributed by atoms with Gasteiger partial charge in [0.2, 0.25) is 0 Å². The van der Waals surface area contributed by atoms with Crippen molar-refractivity contribution in [3.8, 4) is 5.75 Å². The molecular weight excluding hydrogens is 302 g/mol. The van der Waals surface area contributed by atoms with Gasteiger partial charge in [-0.3, -0.25) is 9.82 Å².